The maximum Gasteiger partial charge on any atom is 0.259 e. The minimum atomic E-state index is -0.512. The first-order chi connectivity index (χ1) is 11.4. The molecule has 2 heterocycles. The number of hydrogen-bond acceptors (Lipinski definition) is 4. The van der Waals surface area contributed by atoms with Gasteiger partial charge in [0, 0.05) is 21.9 Å². The Labute approximate surface area is 138 Å². The summed E-state index contributed by atoms with van der Waals surface area (Å²) in [5.74, 6) is -2.03. The molecule has 0 atom stereocenters. The smallest absolute Gasteiger partial charge is 0.259 e. The average molecular weight is 324 g/mol. The van der Waals surface area contributed by atoms with Gasteiger partial charge in [-0.15, -0.1) is 0 Å². The van der Waals surface area contributed by atoms with Gasteiger partial charge in [0.25, 0.3) is 23.6 Å². The Morgan fingerprint density at radius 3 is 1.29 bits per heavy atom. The lowest BCUT2D eigenvalue weighted by Crippen LogP contribution is -2.39. The van der Waals surface area contributed by atoms with E-state index in [-0.39, 0.29) is 0 Å². The first-order valence-electron chi connectivity index (χ1n) is 7.72. The van der Waals surface area contributed by atoms with Crippen LogP contribution in [0, 0.1) is 13.8 Å². The maximum absolute atomic E-state index is 12.2. The molecule has 6 heteroatoms. The lowest BCUT2D eigenvalue weighted by Gasteiger charge is -2.25. The number of carbonyl (C=O) groups is 4. The molecule has 0 radical (unpaired) electrons. The van der Waals surface area contributed by atoms with Crippen molar-refractivity contribution in [2.45, 2.75) is 27.7 Å². The largest absolute Gasteiger partial charge is 0.288 e. The van der Waals surface area contributed by atoms with E-state index >= 15 is 0 Å². The molecule has 4 amide bonds. The lowest BCUT2D eigenvalue weighted by molar-refractivity contribution is 0.0822. The third-order valence-electron chi connectivity index (χ3n) is 4.20. The molecule has 6 nitrogen and oxygen atoms in total. The maximum atomic E-state index is 12.2. The summed E-state index contributed by atoms with van der Waals surface area (Å²) in [6, 6.07) is 3.17. The zero-order chi connectivity index (χ0) is 17.8. The van der Waals surface area contributed by atoms with E-state index < -0.39 is 23.6 Å². The number of benzene rings is 2. The van der Waals surface area contributed by atoms with Gasteiger partial charge in [-0.3, -0.25) is 29.8 Å². The SMILES string of the molecule is CC.Cc1cc2c3c(c(C)cc4c3c1C(=O)NC4=O)C(=O)NC2=O. The van der Waals surface area contributed by atoms with Gasteiger partial charge < -0.3 is 0 Å². The molecule has 0 aromatic heterocycles. The van der Waals surface area contributed by atoms with E-state index in [2.05, 4.69) is 10.6 Å². The number of aryl methyl sites for hydroxylation is 2. The van der Waals surface area contributed by atoms with E-state index in [1.54, 1.807) is 26.0 Å². The van der Waals surface area contributed by atoms with Crippen molar-refractivity contribution in [3.05, 3.63) is 45.5 Å². The Hall–Kier alpha value is -3.02. The first-order valence-corrected chi connectivity index (χ1v) is 7.72. The summed E-state index contributed by atoms with van der Waals surface area (Å²) in [5.41, 5.74) is 2.51. The van der Waals surface area contributed by atoms with Gasteiger partial charge in [0.05, 0.1) is 11.1 Å². The molecule has 24 heavy (non-hydrogen) atoms. The Kier molecular flexibility index (Phi) is 3.48. The first kappa shape index (κ1) is 15.9. The average Bonchev–Trinajstić information content (AvgIpc) is 2.53. The number of hydrogen-bond donors (Lipinski definition) is 2. The fourth-order valence-corrected chi connectivity index (χ4v) is 3.31. The van der Waals surface area contributed by atoms with E-state index in [0.717, 1.165) is 0 Å². The summed E-state index contributed by atoms with van der Waals surface area (Å²) in [6.45, 7) is 7.40. The van der Waals surface area contributed by atoms with E-state index in [1.807, 2.05) is 13.8 Å². The van der Waals surface area contributed by atoms with Crippen LogP contribution in [-0.2, 0) is 0 Å². The highest BCUT2D eigenvalue weighted by Gasteiger charge is 2.35. The molecule has 0 fully saturated rings. The van der Waals surface area contributed by atoms with E-state index in [1.165, 1.54) is 0 Å². The third kappa shape index (κ3) is 1.89. The van der Waals surface area contributed by atoms with Crippen LogP contribution in [0.2, 0.25) is 0 Å². The zero-order valence-electron chi connectivity index (χ0n) is 13.8. The topological polar surface area (TPSA) is 92.3 Å². The summed E-state index contributed by atoms with van der Waals surface area (Å²) in [4.78, 5) is 48.6. The quantitative estimate of drug-likeness (QED) is 0.727. The molecule has 2 aliphatic rings. The van der Waals surface area contributed by atoms with Crippen LogP contribution in [0.15, 0.2) is 12.1 Å². The fraction of sp³-hybridized carbons (Fsp3) is 0.222. The van der Waals surface area contributed by atoms with Crippen LogP contribution in [0.4, 0.5) is 0 Å². The van der Waals surface area contributed by atoms with Crippen molar-refractivity contribution in [1.82, 2.24) is 10.6 Å². The monoisotopic (exact) mass is 324 g/mol. The Morgan fingerprint density at radius 2 is 0.958 bits per heavy atom. The van der Waals surface area contributed by atoms with Crippen molar-refractivity contribution in [1.29, 1.82) is 0 Å². The van der Waals surface area contributed by atoms with Gasteiger partial charge in [0.2, 0.25) is 0 Å². The number of carbonyl (C=O) groups excluding carboxylic acids is 4. The molecule has 2 N–H and O–H groups in total. The molecule has 122 valence electrons. The molecular weight excluding hydrogens is 308 g/mol. The molecule has 0 aliphatic carbocycles. The second-order valence-corrected chi connectivity index (χ2v) is 5.55. The standard InChI is InChI=1S/C16H10N2O4.C2H6/c1-5-3-7-12-10(16(22)18-13(7)19)6(2)4-8-11(12)9(5)15(21)17-14(8)20;1-2/h3-4H,1-2H3,(H,17,20,21)(H,18,19,22);1-2H3. The highest BCUT2D eigenvalue weighted by atomic mass is 16.2. The van der Waals surface area contributed by atoms with Crippen molar-refractivity contribution >= 4 is 34.4 Å². The normalized spacial score (nSPS) is 14.8. The van der Waals surface area contributed by atoms with Gasteiger partial charge in [-0.25, -0.2) is 0 Å². The van der Waals surface area contributed by atoms with Crippen LogP contribution in [0.3, 0.4) is 0 Å². The molecule has 0 bridgehead atoms. The van der Waals surface area contributed by atoms with Crippen LogP contribution in [0.1, 0.15) is 66.4 Å². The van der Waals surface area contributed by atoms with Crippen LogP contribution in [-0.4, -0.2) is 23.6 Å². The molecule has 2 aliphatic heterocycles. The van der Waals surface area contributed by atoms with Gasteiger partial charge in [0.15, 0.2) is 0 Å². The van der Waals surface area contributed by atoms with Gasteiger partial charge in [-0.2, -0.15) is 0 Å². The second kappa shape index (κ2) is 5.26. The van der Waals surface area contributed by atoms with Gasteiger partial charge in [0.1, 0.15) is 0 Å². The predicted octanol–water partition coefficient (Wildman–Crippen LogP) is 2.25. The predicted molar refractivity (Wildman–Crippen MR) is 88.4 cm³/mol. The number of nitrogens with one attached hydrogen (secondary N) is 2. The molecule has 0 spiro atoms. The van der Waals surface area contributed by atoms with Gasteiger partial charge in [-0.1, -0.05) is 13.8 Å². The van der Waals surface area contributed by atoms with Crippen molar-refractivity contribution in [3.8, 4) is 0 Å². The molecule has 2 aromatic carbocycles. The van der Waals surface area contributed by atoms with Crippen LogP contribution in [0.5, 0.6) is 0 Å². The second-order valence-electron chi connectivity index (χ2n) is 5.55. The molecule has 0 unspecified atom stereocenters. The summed E-state index contributed by atoms with van der Waals surface area (Å²) >= 11 is 0. The van der Waals surface area contributed by atoms with Crippen molar-refractivity contribution in [2.24, 2.45) is 0 Å². The van der Waals surface area contributed by atoms with Crippen LogP contribution >= 0.6 is 0 Å². The van der Waals surface area contributed by atoms with Crippen molar-refractivity contribution in [3.63, 3.8) is 0 Å². The fourth-order valence-electron chi connectivity index (χ4n) is 3.31. The number of imide groups is 2. The highest BCUT2D eigenvalue weighted by Crippen LogP contribution is 2.37. The summed E-state index contributed by atoms with van der Waals surface area (Å²) in [7, 11) is 0. The molecule has 4 rings (SSSR count). The lowest BCUT2D eigenvalue weighted by atomic mass is 9.83. The summed E-state index contributed by atoms with van der Waals surface area (Å²) < 4.78 is 0. The van der Waals surface area contributed by atoms with Crippen LogP contribution < -0.4 is 10.6 Å². The van der Waals surface area contributed by atoms with E-state index in [0.29, 0.717) is 44.2 Å². The van der Waals surface area contributed by atoms with Gasteiger partial charge in [-0.05, 0) is 37.1 Å². The minimum absolute atomic E-state index is 0.318. The molecule has 2 aromatic rings. The summed E-state index contributed by atoms with van der Waals surface area (Å²) in [5, 5.41) is 5.39. The van der Waals surface area contributed by atoms with Crippen molar-refractivity contribution < 1.29 is 19.2 Å². The molecule has 0 saturated heterocycles. The number of rotatable bonds is 0. The van der Waals surface area contributed by atoms with E-state index in [4.69, 9.17) is 0 Å². The summed E-state index contributed by atoms with van der Waals surface area (Å²) in [6.07, 6.45) is 0. The Balaban J connectivity index is 0.000000815. The molecule has 0 saturated carbocycles. The van der Waals surface area contributed by atoms with Gasteiger partial charge >= 0.3 is 0 Å². The van der Waals surface area contributed by atoms with E-state index in [9.17, 15) is 19.2 Å². The minimum Gasteiger partial charge on any atom is -0.288 e. The highest BCUT2D eigenvalue weighted by molar-refractivity contribution is 6.34. The molecular formula is C18H16N2O4. The third-order valence-corrected chi connectivity index (χ3v) is 4.20. The zero-order valence-corrected chi connectivity index (χ0v) is 13.8. The van der Waals surface area contributed by atoms with Crippen molar-refractivity contribution in [2.75, 3.05) is 0 Å². The number of amides is 4. The van der Waals surface area contributed by atoms with Crippen LogP contribution in [0.25, 0.3) is 10.8 Å². The Bertz CT molecular complexity index is 894. The Morgan fingerprint density at radius 1 is 0.625 bits per heavy atom.